The van der Waals surface area contributed by atoms with Crippen molar-refractivity contribution in [2.75, 3.05) is 31.2 Å². The number of aryl methyl sites for hydroxylation is 1. The van der Waals surface area contributed by atoms with Gasteiger partial charge in [-0.25, -0.2) is 4.39 Å². The SMILES string of the molecule is Cl.O=C(CC1COCCN1)N1CCCc2cc(F)ccc21. The molecule has 0 saturated carbocycles. The molecule has 1 aromatic carbocycles. The van der Waals surface area contributed by atoms with Gasteiger partial charge in [0.05, 0.1) is 13.2 Å². The summed E-state index contributed by atoms with van der Waals surface area (Å²) in [5.74, 6) is -0.152. The van der Waals surface area contributed by atoms with E-state index in [1.54, 1.807) is 11.0 Å². The van der Waals surface area contributed by atoms with Crippen LogP contribution in [0.1, 0.15) is 18.4 Å². The van der Waals surface area contributed by atoms with Gasteiger partial charge in [0.15, 0.2) is 0 Å². The van der Waals surface area contributed by atoms with E-state index in [9.17, 15) is 9.18 Å². The molecule has 0 spiro atoms. The van der Waals surface area contributed by atoms with Crippen molar-refractivity contribution in [3.8, 4) is 0 Å². The second-order valence-electron chi connectivity index (χ2n) is 5.35. The Balaban J connectivity index is 0.00000161. The smallest absolute Gasteiger partial charge is 0.228 e. The largest absolute Gasteiger partial charge is 0.378 e. The van der Waals surface area contributed by atoms with Gasteiger partial charge in [-0.3, -0.25) is 4.79 Å². The lowest BCUT2D eigenvalue weighted by Gasteiger charge is -2.31. The minimum absolute atomic E-state index is 0. The molecule has 2 aliphatic rings. The van der Waals surface area contributed by atoms with Crippen LogP contribution in [0.5, 0.6) is 0 Å². The second-order valence-corrected chi connectivity index (χ2v) is 5.35. The van der Waals surface area contributed by atoms with Crippen molar-refractivity contribution in [3.63, 3.8) is 0 Å². The lowest BCUT2D eigenvalue weighted by atomic mass is 10.0. The minimum Gasteiger partial charge on any atom is -0.378 e. The molecule has 6 heteroatoms. The molecule has 4 nitrogen and oxygen atoms in total. The van der Waals surface area contributed by atoms with Crippen LogP contribution in [-0.4, -0.2) is 38.3 Å². The number of halogens is 2. The Labute approximate surface area is 130 Å². The Morgan fingerprint density at radius 2 is 2.33 bits per heavy atom. The molecule has 1 N–H and O–H groups in total. The molecule has 1 unspecified atom stereocenters. The maximum Gasteiger partial charge on any atom is 0.228 e. The topological polar surface area (TPSA) is 41.6 Å². The summed E-state index contributed by atoms with van der Waals surface area (Å²) in [5.41, 5.74) is 1.79. The molecule has 3 rings (SSSR count). The zero-order valence-corrected chi connectivity index (χ0v) is 12.6. The lowest BCUT2D eigenvalue weighted by Crippen LogP contribution is -2.46. The summed E-state index contributed by atoms with van der Waals surface area (Å²) in [7, 11) is 0. The highest BCUT2D eigenvalue weighted by Gasteiger charge is 2.25. The Kier molecular flexibility index (Phi) is 5.56. The third kappa shape index (κ3) is 3.73. The van der Waals surface area contributed by atoms with Crippen LogP contribution in [0.2, 0.25) is 0 Å². The number of anilines is 1. The van der Waals surface area contributed by atoms with Crippen molar-refractivity contribution in [3.05, 3.63) is 29.6 Å². The summed E-state index contributed by atoms with van der Waals surface area (Å²) in [6.45, 7) is 2.79. The van der Waals surface area contributed by atoms with E-state index in [4.69, 9.17) is 4.74 Å². The van der Waals surface area contributed by atoms with Crippen LogP contribution in [0.4, 0.5) is 10.1 Å². The third-order valence-corrected chi connectivity index (χ3v) is 3.88. The number of nitrogens with zero attached hydrogens (tertiary/aromatic N) is 1. The Morgan fingerprint density at radius 3 is 3.10 bits per heavy atom. The molecular weight excluding hydrogens is 295 g/mol. The average molecular weight is 315 g/mol. The van der Waals surface area contributed by atoms with Crippen molar-refractivity contribution in [1.29, 1.82) is 0 Å². The minimum atomic E-state index is -0.236. The van der Waals surface area contributed by atoms with E-state index in [1.165, 1.54) is 12.1 Å². The molecule has 2 aliphatic heterocycles. The van der Waals surface area contributed by atoms with E-state index in [-0.39, 0.29) is 30.2 Å². The zero-order valence-electron chi connectivity index (χ0n) is 11.8. The molecule has 116 valence electrons. The van der Waals surface area contributed by atoms with Crippen LogP contribution in [0.25, 0.3) is 0 Å². The number of hydrogen-bond donors (Lipinski definition) is 1. The summed E-state index contributed by atoms with van der Waals surface area (Å²) >= 11 is 0. The second kappa shape index (κ2) is 7.20. The van der Waals surface area contributed by atoms with Gasteiger partial charge in [-0.05, 0) is 36.6 Å². The number of hydrogen-bond acceptors (Lipinski definition) is 3. The number of ether oxygens (including phenoxy) is 1. The van der Waals surface area contributed by atoms with Gasteiger partial charge in [-0.2, -0.15) is 0 Å². The monoisotopic (exact) mass is 314 g/mol. The number of fused-ring (bicyclic) bond motifs is 1. The number of amides is 1. The van der Waals surface area contributed by atoms with Crippen molar-refractivity contribution in [2.45, 2.75) is 25.3 Å². The molecule has 1 saturated heterocycles. The highest BCUT2D eigenvalue weighted by molar-refractivity contribution is 5.94. The Bertz CT molecular complexity index is 506. The number of nitrogens with one attached hydrogen (secondary N) is 1. The maximum atomic E-state index is 13.3. The summed E-state index contributed by atoms with van der Waals surface area (Å²) < 4.78 is 18.6. The van der Waals surface area contributed by atoms with Gasteiger partial charge in [0, 0.05) is 31.2 Å². The number of carbonyl (C=O) groups is 1. The van der Waals surface area contributed by atoms with Gasteiger partial charge in [-0.1, -0.05) is 0 Å². The predicted molar refractivity (Wildman–Crippen MR) is 81.5 cm³/mol. The van der Waals surface area contributed by atoms with Gasteiger partial charge in [0.2, 0.25) is 5.91 Å². The molecule has 1 amide bonds. The predicted octanol–water partition coefficient (Wildman–Crippen LogP) is 1.91. The first-order valence-corrected chi connectivity index (χ1v) is 7.14. The molecule has 0 aromatic heterocycles. The van der Waals surface area contributed by atoms with Crippen molar-refractivity contribution in [2.24, 2.45) is 0 Å². The van der Waals surface area contributed by atoms with E-state index in [0.717, 1.165) is 30.6 Å². The number of carbonyl (C=O) groups excluding carboxylic acids is 1. The highest BCUT2D eigenvalue weighted by Crippen LogP contribution is 2.28. The van der Waals surface area contributed by atoms with Gasteiger partial charge < -0.3 is 15.0 Å². The molecule has 1 fully saturated rings. The molecule has 1 atom stereocenters. The zero-order chi connectivity index (χ0) is 13.9. The number of morpholine rings is 1. The Hall–Kier alpha value is -1.17. The summed E-state index contributed by atoms with van der Waals surface area (Å²) in [4.78, 5) is 14.2. The van der Waals surface area contributed by atoms with Crippen LogP contribution >= 0.6 is 12.4 Å². The van der Waals surface area contributed by atoms with E-state index < -0.39 is 0 Å². The van der Waals surface area contributed by atoms with E-state index >= 15 is 0 Å². The highest BCUT2D eigenvalue weighted by atomic mass is 35.5. The standard InChI is InChI=1S/C15H19FN2O2.ClH/c16-12-3-4-14-11(8-12)2-1-6-18(14)15(19)9-13-10-20-7-5-17-13;/h3-4,8,13,17H,1-2,5-7,9-10H2;1H. The van der Waals surface area contributed by atoms with Crippen molar-refractivity contribution >= 4 is 24.0 Å². The molecule has 0 aliphatic carbocycles. The normalized spacial score (nSPS) is 21.4. The lowest BCUT2D eigenvalue weighted by molar-refractivity contribution is -0.119. The van der Waals surface area contributed by atoms with Crippen LogP contribution in [-0.2, 0) is 16.0 Å². The quantitative estimate of drug-likeness (QED) is 0.906. The summed E-state index contributed by atoms with van der Waals surface area (Å²) in [6, 6.07) is 4.76. The molecule has 0 radical (unpaired) electrons. The first-order chi connectivity index (χ1) is 9.74. The first-order valence-electron chi connectivity index (χ1n) is 7.14. The van der Waals surface area contributed by atoms with Crippen LogP contribution in [0.3, 0.4) is 0 Å². The summed E-state index contributed by atoms with van der Waals surface area (Å²) in [5, 5.41) is 3.29. The maximum absolute atomic E-state index is 13.3. The molecule has 0 bridgehead atoms. The van der Waals surface area contributed by atoms with E-state index in [1.807, 2.05) is 0 Å². The van der Waals surface area contributed by atoms with Crippen LogP contribution < -0.4 is 10.2 Å². The molecule has 2 heterocycles. The fourth-order valence-electron chi connectivity index (χ4n) is 2.90. The molecule has 21 heavy (non-hydrogen) atoms. The first kappa shape index (κ1) is 16.2. The average Bonchev–Trinajstić information content (AvgIpc) is 2.47. The van der Waals surface area contributed by atoms with Crippen molar-refractivity contribution in [1.82, 2.24) is 5.32 Å². The van der Waals surface area contributed by atoms with Gasteiger partial charge in [0.1, 0.15) is 5.82 Å². The van der Waals surface area contributed by atoms with E-state index in [2.05, 4.69) is 5.32 Å². The van der Waals surface area contributed by atoms with Gasteiger partial charge in [-0.15, -0.1) is 12.4 Å². The fraction of sp³-hybridized carbons (Fsp3) is 0.533. The summed E-state index contributed by atoms with van der Waals surface area (Å²) in [6.07, 6.45) is 2.15. The van der Waals surface area contributed by atoms with Gasteiger partial charge in [0.25, 0.3) is 0 Å². The third-order valence-electron chi connectivity index (χ3n) is 3.88. The molecular formula is C15H20ClFN2O2. The molecule has 1 aromatic rings. The number of benzene rings is 1. The van der Waals surface area contributed by atoms with E-state index in [0.29, 0.717) is 26.2 Å². The Morgan fingerprint density at radius 1 is 1.48 bits per heavy atom. The number of rotatable bonds is 2. The van der Waals surface area contributed by atoms with Crippen LogP contribution in [0.15, 0.2) is 18.2 Å². The fourth-order valence-corrected chi connectivity index (χ4v) is 2.90. The van der Waals surface area contributed by atoms with Crippen LogP contribution in [0, 0.1) is 5.82 Å². The van der Waals surface area contributed by atoms with Gasteiger partial charge >= 0.3 is 0 Å². The van der Waals surface area contributed by atoms with Crippen molar-refractivity contribution < 1.29 is 13.9 Å².